The van der Waals surface area contributed by atoms with Gasteiger partial charge in [0.25, 0.3) is 0 Å². The van der Waals surface area contributed by atoms with Crippen LogP contribution in [0.5, 0.6) is 0 Å². The van der Waals surface area contributed by atoms with E-state index in [1.807, 2.05) is 6.92 Å². The van der Waals surface area contributed by atoms with E-state index in [4.69, 9.17) is 0 Å². The Bertz CT molecular complexity index is 682. The maximum atomic E-state index is 12.9. The molecule has 0 spiro atoms. The second-order valence-corrected chi connectivity index (χ2v) is 9.81. The molecule has 0 amide bonds. The number of nitrogens with zero attached hydrogens (tertiary/aromatic N) is 2. The summed E-state index contributed by atoms with van der Waals surface area (Å²) >= 11 is 1.70. The number of benzene rings is 1. The number of rotatable bonds is 9. The fourth-order valence-electron chi connectivity index (χ4n) is 2.62. The smallest absolute Gasteiger partial charge is 0.191 e. The van der Waals surface area contributed by atoms with Crippen LogP contribution < -0.4 is 10.6 Å². The highest BCUT2D eigenvalue weighted by molar-refractivity contribution is 7.99. The van der Waals surface area contributed by atoms with E-state index in [0.717, 1.165) is 42.7 Å². The number of guanidine groups is 1. The summed E-state index contributed by atoms with van der Waals surface area (Å²) in [4.78, 5) is 7.80. The highest BCUT2D eigenvalue weighted by Crippen LogP contribution is 2.18. The van der Waals surface area contributed by atoms with Crippen LogP contribution in [-0.2, 0) is 9.84 Å². The third-order valence-electron chi connectivity index (χ3n) is 4.16. The van der Waals surface area contributed by atoms with E-state index < -0.39 is 9.84 Å². The molecule has 0 saturated carbocycles. The minimum Gasteiger partial charge on any atom is -0.357 e. The predicted octanol–water partition coefficient (Wildman–Crippen LogP) is 1.59. The van der Waals surface area contributed by atoms with Gasteiger partial charge in [0.05, 0.1) is 11.5 Å². The van der Waals surface area contributed by atoms with Gasteiger partial charge in [-0.25, -0.2) is 12.8 Å². The maximum Gasteiger partial charge on any atom is 0.191 e. The molecule has 2 N–H and O–H groups in total. The van der Waals surface area contributed by atoms with Crippen LogP contribution >= 0.6 is 11.8 Å². The minimum absolute atomic E-state index is 0.212. The van der Waals surface area contributed by atoms with Crippen LogP contribution in [0, 0.1) is 5.82 Å². The van der Waals surface area contributed by atoms with Gasteiger partial charge in [-0.1, -0.05) is 0 Å². The third kappa shape index (κ3) is 8.94. The van der Waals surface area contributed by atoms with Crippen LogP contribution in [0.4, 0.5) is 4.39 Å². The number of hydrogen-bond acceptors (Lipinski definition) is 5. The molecular weight excluding hydrogens is 387 g/mol. The topological polar surface area (TPSA) is 73.8 Å². The molecule has 1 aliphatic rings. The Balaban J connectivity index is 1.63. The Hall–Kier alpha value is -1.32. The van der Waals surface area contributed by atoms with Gasteiger partial charge in [-0.3, -0.25) is 9.89 Å². The minimum atomic E-state index is -2.82. The Morgan fingerprint density at radius 3 is 2.59 bits per heavy atom. The lowest BCUT2D eigenvalue weighted by atomic mass is 10.4. The molecule has 9 heteroatoms. The standard InChI is InChI=1S/C18H29FN4O2S2/c1-2-20-18(22-9-10-23-11-14-27(24,25)15-12-23)21-8-3-13-26-17-6-4-16(19)5-7-17/h4-7H,2-3,8-15H2,1H3,(H2,20,21,22). The van der Waals surface area contributed by atoms with Gasteiger partial charge in [0, 0.05) is 44.2 Å². The zero-order chi connectivity index (χ0) is 19.5. The average Bonchev–Trinajstić information content (AvgIpc) is 2.64. The van der Waals surface area contributed by atoms with E-state index in [9.17, 15) is 12.8 Å². The number of halogens is 1. The summed E-state index contributed by atoms with van der Waals surface area (Å²) in [7, 11) is -2.82. The van der Waals surface area contributed by atoms with Crippen molar-refractivity contribution in [2.45, 2.75) is 18.2 Å². The van der Waals surface area contributed by atoms with Gasteiger partial charge in [0.1, 0.15) is 5.82 Å². The average molecular weight is 417 g/mol. The van der Waals surface area contributed by atoms with Crippen LogP contribution in [0.1, 0.15) is 13.3 Å². The van der Waals surface area contributed by atoms with E-state index in [2.05, 4.69) is 20.5 Å². The van der Waals surface area contributed by atoms with Crippen molar-refractivity contribution in [2.75, 3.05) is 56.5 Å². The molecule has 1 heterocycles. The molecule has 1 aromatic rings. The first-order valence-corrected chi connectivity index (χ1v) is 12.1. The van der Waals surface area contributed by atoms with Crippen LogP contribution in [0.2, 0.25) is 0 Å². The molecule has 1 saturated heterocycles. The molecule has 0 aromatic heterocycles. The lowest BCUT2D eigenvalue weighted by Crippen LogP contribution is -2.46. The predicted molar refractivity (Wildman–Crippen MR) is 111 cm³/mol. The molecule has 0 radical (unpaired) electrons. The van der Waals surface area contributed by atoms with Crippen molar-refractivity contribution in [2.24, 2.45) is 4.99 Å². The molecule has 0 atom stereocenters. The molecule has 0 bridgehead atoms. The van der Waals surface area contributed by atoms with Crippen molar-refractivity contribution in [3.8, 4) is 0 Å². The summed E-state index contributed by atoms with van der Waals surface area (Å²) in [5.41, 5.74) is 0. The van der Waals surface area contributed by atoms with Crippen molar-refractivity contribution in [3.63, 3.8) is 0 Å². The quantitative estimate of drug-likeness (QED) is 0.276. The molecule has 152 valence electrons. The van der Waals surface area contributed by atoms with Gasteiger partial charge in [-0.2, -0.15) is 0 Å². The third-order valence-corrected chi connectivity index (χ3v) is 6.86. The fraction of sp³-hybridized carbons (Fsp3) is 0.611. The lowest BCUT2D eigenvalue weighted by molar-refractivity contribution is 0.299. The van der Waals surface area contributed by atoms with Gasteiger partial charge in [0.2, 0.25) is 0 Å². The molecule has 6 nitrogen and oxygen atoms in total. The van der Waals surface area contributed by atoms with Crippen molar-refractivity contribution in [1.82, 2.24) is 15.5 Å². The van der Waals surface area contributed by atoms with Gasteiger partial charge < -0.3 is 10.6 Å². The second-order valence-electron chi connectivity index (χ2n) is 6.34. The summed E-state index contributed by atoms with van der Waals surface area (Å²) in [6.07, 6.45) is 0.933. The normalized spacial score (nSPS) is 17.6. The van der Waals surface area contributed by atoms with Crippen LogP contribution in [0.3, 0.4) is 0 Å². The number of hydrogen-bond donors (Lipinski definition) is 2. The van der Waals surface area contributed by atoms with Crippen molar-refractivity contribution in [1.29, 1.82) is 0 Å². The number of thioether (sulfide) groups is 1. The summed E-state index contributed by atoms with van der Waals surface area (Å²) in [5.74, 6) is 2.02. The summed E-state index contributed by atoms with van der Waals surface area (Å²) < 4.78 is 35.8. The first-order chi connectivity index (χ1) is 13.0. The zero-order valence-corrected chi connectivity index (χ0v) is 17.4. The molecule has 0 unspecified atom stereocenters. The number of sulfone groups is 1. The lowest BCUT2D eigenvalue weighted by Gasteiger charge is -2.26. The summed E-state index contributed by atoms with van der Waals surface area (Å²) in [6.45, 7) is 6.29. The molecular formula is C18H29FN4O2S2. The molecule has 1 fully saturated rings. The van der Waals surface area contributed by atoms with Crippen molar-refractivity contribution >= 4 is 27.6 Å². The molecule has 2 rings (SSSR count). The zero-order valence-electron chi connectivity index (χ0n) is 15.8. The van der Waals surface area contributed by atoms with Crippen LogP contribution in [0.25, 0.3) is 0 Å². The van der Waals surface area contributed by atoms with E-state index in [-0.39, 0.29) is 17.3 Å². The van der Waals surface area contributed by atoms with E-state index in [1.54, 1.807) is 23.9 Å². The first-order valence-electron chi connectivity index (χ1n) is 9.32. The van der Waals surface area contributed by atoms with E-state index in [1.165, 1.54) is 12.1 Å². The van der Waals surface area contributed by atoms with E-state index >= 15 is 0 Å². The Morgan fingerprint density at radius 1 is 1.22 bits per heavy atom. The first kappa shape index (κ1) is 22.0. The van der Waals surface area contributed by atoms with Gasteiger partial charge in [0.15, 0.2) is 15.8 Å². The SMILES string of the molecule is CCNC(=NCCCSc1ccc(F)cc1)NCCN1CCS(=O)(=O)CC1. The Morgan fingerprint density at radius 2 is 1.93 bits per heavy atom. The second kappa shape index (κ2) is 11.5. The van der Waals surface area contributed by atoms with Crippen molar-refractivity contribution in [3.05, 3.63) is 30.1 Å². The summed E-state index contributed by atoms with van der Waals surface area (Å²) in [5, 5.41) is 6.53. The van der Waals surface area contributed by atoms with Crippen molar-refractivity contribution < 1.29 is 12.8 Å². The Labute approximate surface area is 165 Å². The van der Waals surface area contributed by atoms with E-state index in [0.29, 0.717) is 19.6 Å². The summed E-state index contributed by atoms with van der Waals surface area (Å²) in [6, 6.07) is 6.54. The van der Waals surface area contributed by atoms with Crippen LogP contribution in [-0.4, -0.2) is 75.8 Å². The van der Waals surface area contributed by atoms with Gasteiger partial charge in [-0.15, -0.1) is 11.8 Å². The largest absolute Gasteiger partial charge is 0.357 e. The Kier molecular flexibility index (Phi) is 9.36. The van der Waals surface area contributed by atoms with Crippen LogP contribution in [0.15, 0.2) is 34.2 Å². The van der Waals surface area contributed by atoms with Gasteiger partial charge in [-0.05, 0) is 43.4 Å². The number of nitrogens with one attached hydrogen (secondary N) is 2. The monoisotopic (exact) mass is 416 g/mol. The molecule has 1 aliphatic heterocycles. The maximum absolute atomic E-state index is 12.9. The molecule has 1 aromatic carbocycles. The fourth-order valence-corrected chi connectivity index (χ4v) is 4.74. The highest BCUT2D eigenvalue weighted by atomic mass is 32.2. The highest BCUT2D eigenvalue weighted by Gasteiger charge is 2.20. The molecule has 27 heavy (non-hydrogen) atoms. The molecule has 0 aliphatic carbocycles. The number of aliphatic imine (C=N–C) groups is 1. The van der Waals surface area contributed by atoms with Gasteiger partial charge >= 0.3 is 0 Å².